The van der Waals surface area contributed by atoms with Crippen molar-refractivity contribution in [3.63, 3.8) is 0 Å². The zero-order chi connectivity index (χ0) is 8.67. The Morgan fingerprint density at radius 3 is 3.31 bits per heavy atom. The summed E-state index contributed by atoms with van der Waals surface area (Å²) in [5.41, 5.74) is 7.24. The summed E-state index contributed by atoms with van der Waals surface area (Å²) in [6.07, 6.45) is 8.47. The number of fused-ring (bicyclic) bond motifs is 2. The summed E-state index contributed by atoms with van der Waals surface area (Å²) < 4.78 is 0. The minimum Gasteiger partial charge on any atom is -0.0836 e. The molecule has 0 amide bonds. The van der Waals surface area contributed by atoms with Crippen LogP contribution >= 0.6 is 0 Å². The van der Waals surface area contributed by atoms with Gasteiger partial charge < -0.3 is 0 Å². The molecular formula is C12H12Si. The van der Waals surface area contributed by atoms with Gasteiger partial charge in [0.15, 0.2) is 0 Å². The van der Waals surface area contributed by atoms with E-state index < -0.39 is 0 Å². The quantitative estimate of drug-likeness (QED) is 0.543. The highest BCUT2D eigenvalue weighted by molar-refractivity contribution is 6.37. The molecule has 0 aromatic carbocycles. The van der Waals surface area contributed by atoms with Crippen molar-refractivity contribution in [1.29, 1.82) is 0 Å². The first-order chi connectivity index (χ1) is 6.45. The normalized spacial score (nSPS) is 18.8. The predicted molar refractivity (Wildman–Crippen MR) is 58.2 cm³/mol. The molecule has 2 aliphatic rings. The standard InChI is InChI=1S/C12H12Si/c1-2-6-11-9(4-1)8-10-5-3-7-13-12(10)11/h2-3,5-7,13H,1,4,8H2. The van der Waals surface area contributed by atoms with Crippen molar-refractivity contribution in [1.82, 2.24) is 0 Å². The minimum atomic E-state index is 0.417. The lowest BCUT2D eigenvalue weighted by molar-refractivity contribution is 0.935. The van der Waals surface area contributed by atoms with E-state index in [4.69, 9.17) is 0 Å². The zero-order valence-corrected chi connectivity index (χ0v) is 8.74. The fourth-order valence-corrected chi connectivity index (χ4v) is 3.65. The Morgan fingerprint density at radius 2 is 2.31 bits per heavy atom. The van der Waals surface area contributed by atoms with Crippen LogP contribution in [0.25, 0.3) is 5.57 Å². The van der Waals surface area contributed by atoms with Crippen LogP contribution in [0.5, 0.6) is 0 Å². The van der Waals surface area contributed by atoms with Gasteiger partial charge >= 0.3 is 0 Å². The molecule has 2 aliphatic carbocycles. The number of hydrogen-bond acceptors (Lipinski definition) is 0. The summed E-state index contributed by atoms with van der Waals surface area (Å²) in [5.74, 6) is 0. The lowest BCUT2D eigenvalue weighted by Gasteiger charge is -2.07. The maximum absolute atomic E-state index is 2.35. The molecule has 1 aromatic rings. The van der Waals surface area contributed by atoms with Crippen molar-refractivity contribution in [3.8, 4) is 0 Å². The van der Waals surface area contributed by atoms with Crippen molar-refractivity contribution in [3.05, 3.63) is 46.3 Å². The number of hydrogen-bond donors (Lipinski definition) is 0. The van der Waals surface area contributed by atoms with Gasteiger partial charge in [0, 0.05) is 9.12 Å². The first-order valence-electron chi connectivity index (χ1n) is 4.92. The monoisotopic (exact) mass is 184 g/mol. The van der Waals surface area contributed by atoms with E-state index in [0.717, 1.165) is 0 Å². The van der Waals surface area contributed by atoms with Gasteiger partial charge in [0.05, 0.1) is 0 Å². The third kappa shape index (κ3) is 1.07. The lowest BCUT2D eigenvalue weighted by atomic mass is 10.00. The Kier molecular flexibility index (Phi) is 1.59. The summed E-state index contributed by atoms with van der Waals surface area (Å²) in [6, 6.07) is 4.54. The molecule has 0 radical (unpaired) electrons. The van der Waals surface area contributed by atoms with Crippen LogP contribution in [0.2, 0.25) is 0 Å². The van der Waals surface area contributed by atoms with Crippen molar-refractivity contribution < 1.29 is 0 Å². The first-order valence-corrected chi connectivity index (χ1v) is 6.16. The Hall–Kier alpha value is -0.953. The van der Waals surface area contributed by atoms with E-state index >= 15 is 0 Å². The fraction of sp³-hybridized carbons (Fsp3) is 0.250. The van der Waals surface area contributed by atoms with E-state index in [9.17, 15) is 0 Å². The highest BCUT2D eigenvalue weighted by Gasteiger charge is 2.19. The smallest absolute Gasteiger partial charge is 0.0304 e. The molecule has 1 heterocycles. The van der Waals surface area contributed by atoms with Crippen LogP contribution in [0.1, 0.15) is 23.6 Å². The summed E-state index contributed by atoms with van der Waals surface area (Å²) >= 11 is 0. The highest BCUT2D eigenvalue weighted by atomic mass is 28.2. The van der Waals surface area contributed by atoms with Crippen LogP contribution in [-0.4, -0.2) is 9.12 Å². The molecule has 0 bridgehead atoms. The predicted octanol–water partition coefficient (Wildman–Crippen LogP) is 2.42. The molecule has 0 N–H and O–H groups in total. The van der Waals surface area contributed by atoms with Gasteiger partial charge in [-0.05, 0) is 35.6 Å². The van der Waals surface area contributed by atoms with Crippen molar-refractivity contribution in [2.24, 2.45) is 0 Å². The van der Waals surface area contributed by atoms with Crippen molar-refractivity contribution in [2.45, 2.75) is 19.3 Å². The third-order valence-corrected chi connectivity index (χ3v) is 4.42. The van der Waals surface area contributed by atoms with Gasteiger partial charge in [0.2, 0.25) is 0 Å². The molecule has 0 aliphatic heterocycles. The topological polar surface area (TPSA) is 0 Å². The molecule has 0 saturated carbocycles. The number of allylic oxidation sites excluding steroid dienone is 4. The summed E-state index contributed by atoms with van der Waals surface area (Å²) in [7, 11) is 0.417. The largest absolute Gasteiger partial charge is 0.0836 e. The van der Waals surface area contributed by atoms with Crippen LogP contribution in [0.15, 0.2) is 35.5 Å². The van der Waals surface area contributed by atoms with E-state index in [1.807, 2.05) is 0 Å². The first kappa shape index (κ1) is 7.45. The van der Waals surface area contributed by atoms with Crippen LogP contribution in [0, 0.1) is 0 Å². The van der Waals surface area contributed by atoms with Gasteiger partial charge in [-0.25, -0.2) is 0 Å². The van der Waals surface area contributed by atoms with Gasteiger partial charge in [0.25, 0.3) is 0 Å². The Morgan fingerprint density at radius 1 is 1.31 bits per heavy atom. The Labute approximate surface area is 80.7 Å². The van der Waals surface area contributed by atoms with Crippen molar-refractivity contribution >= 4 is 14.7 Å². The molecule has 0 fully saturated rings. The molecule has 1 aromatic heterocycles. The zero-order valence-electron chi connectivity index (χ0n) is 7.59. The van der Waals surface area contributed by atoms with Crippen LogP contribution < -0.4 is 0 Å². The average Bonchev–Trinajstić information content (AvgIpc) is 2.56. The third-order valence-electron chi connectivity index (χ3n) is 2.99. The summed E-state index contributed by atoms with van der Waals surface area (Å²) in [4.78, 5) is 0. The van der Waals surface area contributed by atoms with Crippen LogP contribution in [-0.2, 0) is 6.42 Å². The van der Waals surface area contributed by atoms with E-state index in [1.165, 1.54) is 19.3 Å². The number of rotatable bonds is 0. The molecule has 0 atom stereocenters. The minimum absolute atomic E-state index is 0.417. The van der Waals surface area contributed by atoms with E-state index in [2.05, 4.69) is 30.0 Å². The molecule has 0 nitrogen and oxygen atoms in total. The second-order valence-corrected chi connectivity index (χ2v) is 5.09. The highest BCUT2D eigenvalue weighted by Crippen LogP contribution is 2.36. The summed E-state index contributed by atoms with van der Waals surface area (Å²) in [6.45, 7) is 0. The molecule has 13 heavy (non-hydrogen) atoms. The van der Waals surface area contributed by atoms with E-state index in [-0.39, 0.29) is 0 Å². The van der Waals surface area contributed by atoms with Gasteiger partial charge in [0.1, 0.15) is 0 Å². The fourth-order valence-electron chi connectivity index (χ4n) is 2.34. The average molecular weight is 184 g/mol. The molecular weight excluding hydrogens is 172 g/mol. The molecule has 1 heteroatoms. The SMILES string of the molecule is C1=CC2=C(CC1)Cc1ccc[siH]c12. The van der Waals surface area contributed by atoms with Gasteiger partial charge in [-0.3, -0.25) is 0 Å². The maximum Gasteiger partial charge on any atom is 0.0304 e. The van der Waals surface area contributed by atoms with Crippen molar-refractivity contribution in [2.75, 3.05) is 0 Å². The molecule has 3 rings (SSSR count). The molecule has 0 saturated heterocycles. The second kappa shape index (κ2) is 2.77. The molecule has 0 spiro atoms. The van der Waals surface area contributed by atoms with Gasteiger partial charge in [-0.1, -0.05) is 35.5 Å². The lowest BCUT2D eigenvalue weighted by Crippen LogP contribution is -1.89. The second-order valence-electron chi connectivity index (χ2n) is 3.79. The van der Waals surface area contributed by atoms with Crippen LogP contribution in [0.4, 0.5) is 0 Å². The van der Waals surface area contributed by atoms with E-state index in [1.54, 1.807) is 21.9 Å². The van der Waals surface area contributed by atoms with Crippen LogP contribution in [0.3, 0.4) is 0 Å². The van der Waals surface area contributed by atoms with Gasteiger partial charge in [-0.15, -0.1) is 0 Å². The van der Waals surface area contributed by atoms with Gasteiger partial charge in [-0.2, -0.15) is 0 Å². The summed E-state index contributed by atoms with van der Waals surface area (Å²) in [5, 5.41) is 1.67. The molecule has 64 valence electrons. The maximum atomic E-state index is 2.35. The Bertz CT molecular complexity index is 413. The van der Waals surface area contributed by atoms with E-state index in [0.29, 0.717) is 9.12 Å². The Balaban J connectivity index is 2.18. The molecule has 0 unspecified atom stereocenters.